The predicted octanol–water partition coefficient (Wildman–Crippen LogP) is 2.85. The summed E-state index contributed by atoms with van der Waals surface area (Å²) in [6.45, 7) is 4.50. The molecule has 0 spiro atoms. The van der Waals surface area contributed by atoms with E-state index in [0.29, 0.717) is 12.5 Å². The van der Waals surface area contributed by atoms with E-state index >= 15 is 0 Å². The number of carbonyl (C=O) groups is 1. The molecule has 0 radical (unpaired) electrons. The van der Waals surface area contributed by atoms with Crippen LogP contribution in [0.1, 0.15) is 33.1 Å². The molecule has 0 bridgehead atoms. The lowest BCUT2D eigenvalue weighted by molar-refractivity contribution is -0.137. The highest BCUT2D eigenvalue weighted by molar-refractivity contribution is 5.83. The largest absolute Gasteiger partial charge is 0.463 e. The van der Waals surface area contributed by atoms with E-state index in [-0.39, 0.29) is 5.97 Å². The van der Waals surface area contributed by atoms with Crippen molar-refractivity contribution in [2.75, 3.05) is 6.61 Å². The van der Waals surface area contributed by atoms with Crippen LogP contribution in [0.4, 0.5) is 0 Å². The van der Waals surface area contributed by atoms with Gasteiger partial charge in [-0.05, 0) is 32.1 Å². The van der Waals surface area contributed by atoms with Crippen LogP contribution in [-0.2, 0) is 9.53 Å². The maximum Gasteiger partial charge on any atom is 0.330 e. The first-order valence-corrected chi connectivity index (χ1v) is 5.81. The second-order valence-electron chi connectivity index (χ2n) is 4.34. The Bertz CT molecular complexity index is 325. The number of hydrogen-bond donors (Lipinski definition) is 0. The molecule has 2 aliphatic carbocycles. The summed E-state index contributed by atoms with van der Waals surface area (Å²) in [4.78, 5) is 11.3. The fraction of sp³-hybridized carbons (Fsp3) is 0.615. The van der Waals surface area contributed by atoms with Crippen molar-refractivity contribution in [2.45, 2.75) is 33.1 Å². The van der Waals surface area contributed by atoms with E-state index in [1.165, 1.54) is 12.0 Å². The summed E-state index contributed by atoms with van der Waals surface area (Å²) >= 11 is 0. The van der Waals surface area contributed by atoms with Crippen LogP contribution in [0.15, 0.2) is 23.3 Å². The normalized spacial score (nSPS) is 30.8. The first-order valence-electron chi connectivity index (χ1n) is 5.81. The van der Waals surface area contributed by atoms with Gasteiger partial charge in [-0.3, -0.25) is 0 Å². The van der Waals surface area contributed by atoms with Gasteiger partial charge in [0.1, 0.15) is 0 Å². The number of hydrogen-bond acceptors (Lipinski definition) is 2. The Morgan fingerprint density at radius 2 is 2.33 bits per heavy atom. The highest BCUT2D eigenvalue weighted by Crippen LogP contribution is 2.49. The van der Waals surface area contributed by atoms with Gasteiger partial charge in [0, 0.05) is 12.0 Å². The quantitative estimate of drug-likeness (QED) is 0.403. The van der Waals surface area contributed by atoms with Gasteiger partial charge in [0.25, 0.3) is 0 Å². The van der Waals surface area contributed by atoms with Gasteiger partial charge in [-0.2, -0.15) is 0 Å². The lowest BCUT2D eigenvalue weighted by atomic mass is 9.71. The molecule has 2 heteroatoms. The van der Waals surface area contributed by atoms with Crippen LogP contribution >= 0.6 is 0 Å². The van der Waals surface area contributed by atoms with Crippen molar-refractivity contribution in [1.82, 2.24) is 0 Å². The number of fused-ring (bicyclic) bond motifs is 1. The molecular formula is C13H18O2. The zero-order chi connectivity index (χ0) is 10.8. The van der Waals surface area contributed by atoms with Gasteiger partial charge in [-0.15, -0.1) is 0 Å². The van der Waals surface area contributed by atoms with E-state index in [0.717, 1.165) is 18.8 Å². The van der Waals surface area contributed by atoms with Gasteiger partial charge < -0.3 is 4.74 Å². The predicted molar refractivity (Wildman–Crippen MR) is 59.3 cm³/mol. The monoisotopic (exact) mass is 206 g/mol. The van der Waals surface area contributed by atoms with Crippen LogP contribution in [0.3, 0.4) is 0 Å². The van der Waals surface area contributed by atoms with Crippen molar-refractivity contribution >= 4 is 5.97 Å². The minimum absolute atomic E-state index is 0.177. The standard InChI is InChI=1S/C13H18O2/c1-3-9-5-10-7-11(12(10)6-9)8-13(14)15-4-2/h6,8,10,12H,3-5,7H2,1-2H3/b11-8+/t10-,12-/m1/s1. The van der Waals surface area contributed by atoms with E-state index in [9.17, 15) is 4.79 Å². The van der Waals surface area contributed by atoms with Gasteiger partial charge in [0.05, 0.1) is 6.61 Å². The summed E-state index contributed by atoms with van der Waals surface area (Å²) in [7, 11) is 0. The number of esters is 1. The Balaban J connectivity index is 1.98. The van der Waals surface area contributed by atoms with Gasteiger partial charge in [0.2, 0.25) is 0 Å². The zero-order valence-corrected chi connectivity index (χ0v) is 9.45. The summed E-state index contributed by atoms with van der Waals surface area (Å²) in [5.41, 5.74) is 2.82. The second-order valence-corrected chi connectivity index (χ2v) is 4.34. The molecule has 0 saturated heterocycles. The summed E-state index contributed by atoms with van der Waals surface area (Å²) in [5.74, 6) is 1.15. The molecule has 0 unspecified atom stereocenters. The Labute approximate surface area is 91.0 Å². The van der Waals surface area contributed by atoms with Crippen LogP contribution in [-0.4, -0.2) is 12.6 Å². The van der Waals surface area contributed by atoms with Crippen molar-refractivity contribution < 1.29 is 9.53 Å². The van der Waals surface area contributed by atoms with Crippen LogP contribution in [0, 0.1) is 11.8 Å². The van der Waals surface area contributed by atoms with Crippen molar-refractivity contribution in [3.8, 4) is 0 Å². The summed E-state index contributed by atoms with van der Waals surface area (Å²) in [6.07, 6.45) is 7.52. The van der Waals surface area contributed by atoms with Crippen LogP contribution < -0.4 is 0 Å². The Hall–Kier alpha value is -1.05. The molecule has 0 N–H and O–H groups in total. The van der Waals surface area contributed by atoms with E-state index in [1.54, 1.807) is 11.6 Å². The molecule has 15 heavy (non-hydrogen) atoms. The first kappa shape index (κ1) is 10.5. The molecule has 82 valence electrons. The maximum absolute atomic E-state index is 11.3. The van der Waals surface area contributed by atoms with Crippen molar-refractivity contribution in [3.05, 3.63) is 23.3 Å². The van der Waals surface area contributed by atoms with E-state index in [1.807, 2.05) is 6.92 Å². The number of rotatable bonds is 3. The SMILES string of the molecule is CCOC(=O)/C=C1\C[C@H]2CC(CC)=C[C@@H]12. The number of carbonyl (C=O) groups excluding carboxylic acids is 1. The summed E-state index contributed by atoms with van der Waals surface area (Å²) < 4.78 is 4.91. The van der Waals surface area contributed by atoms with Gasteiger partial charge in [0.15, 0.2) is 0 Å². The number of ether oxygens (including phenoxy) is 1. The average Bonchev–Trinajstić information content (AvgIpc) is 2.53. The lowest BCUT2D eigenvalue weighted by Gasteiger charge is -2.33. The third-order valence-electron chi connectivity index (χ3n) is 3.42. The van der Waals surface area contributed by atoms with E-state index in [4.69, 9.17) is 4.74 Å². The molecule has 2 nitrogen and oxygen atoms in total. The smallest absolute Gasteiger partial charge is 0.330 e. The maximum atomic E-state index is 11.3. The Kier molecular flexibility index (Phi) is 2.94. The molecule has 2 aliphatic rings. The second kappa shape index (κ2) is 4.21. The first-order chi connectivity index (χ1) is 7.24. The molecule has 0 amide bonds. The molecule has 0 aromatic heterocycles. The topological polar surface area (TPSA) is 26.3 Å². The Morgan fingerprint density at radius 3 is 3.00 bits per heavy atom. The molecule has 0 heterocycles. The molecule has 0 aliphatic heterocycles. The average molecular weight is 206 g/mol. The van der Waals surface area contributed by atoms with E-state index < -0.39 is 0 Å². The summed E-state index contributed by atoms with van der Waals surface area (Å²) in [5, 5.41) is 0. The van der Waals surface area contributed by atoms with Crippen molar-refractivity contribution in [1.29, 1.82) is 0 Å². The molecule has 1 fully saturated rings. The van der Waals surface area contributed by atoms with Gasteiger partial charge >= 0.3 is 5.97 Å². The molecular weight excluding hydrogens is 188 g/mol. The van der Waals surface area contributed by atoms with Crippen molar-refractivity contribution in [3.63, 3.8) is 0 Å². The summed E-state index contributed by atoms with van der Waals surface area (Å²) in [6, 6.07) is 0. The molecule has 2 rings (SSSR count). The third kappa shape index (κ3) is 1.99. The number of allylic oxidation sites excluding steroid dienone is 3. The zero-order valence-electron chi connectivity index (χ0n) is 9.45. The van der Waals surface area contributed by atoms with E-state index in [2.05, 4.69) is 13.0 Å². The van der Waals surface area contributed by atoms with Crippen LogP contribution in [0.2, 0.25) is 0 Å². The van der Waals surface area contributed by atoms with Crippen LogP contribution in [0.25, 0.3) is 0 Å². The lowest BCUT2D eigenvalue weighted by Crippen LogP contribution is -2.24. The minimum atomic E-state index is -0.177. The molecule has 1 saturated carbocycles. The third-order valence-corrected chi connectivity index (χ3v) is 3.42. The minimum Gasteiger partial charge on any atom is -0.463 e. The molecule has 2 atom stereocenters. The molecule has 0 aromatic carbocycles. The fourth-order valence-corrected chi connectivity index (χ4v) is 2.56. The fourth-order valence-electron chi connectivity index (χ4n) is 2.56. The highest BCUT2D eigenvalue weighted by atomic mass is 16.5. The van der Waals surface area contributed by atoms with Crippen LogP contribution in [0.5, 0.6) is 0 Å². The van der Waals surface area contributed by atoms with Crippen molar-refractivity contribution in [2.24, 2.45) is 11.8 Å². The van der Waals surface area contributed by atoms with Gasteiger partial charge in [-0.1, -0.05) is 24.1 Å². The highest BCUT2D eigenvalue weighted by Gasteiger charge is 2.38. The Morgan fingerprint density at radius 1 is 1.53 bits per heavy atom. The molecule has 0 aromatic rings. The van der Waals surface area contributed by atoms with Gasteiger partial charge in [-0.25, -0.2) is 4.79 Å².